The summed E-state index contributed by atoms with van der Waals surface area (Å²) < 4.78 is 1.90. The first-order chi connectivity index (χ1) is 9.65. The predicted molar refractivity (Wildman–Crippen MR) is 82.5 cm³/mol. The van der Waals surface area contributed by atoms with Gasteiger partial charge in [-0.25, -0.2) is 4.68 Å². The first kappa shape index (κ1) is 13.7. The Morgan fingerprint density at radius 2 is 2.15 bits per heavy atom. The van der Waals surface area contributed by atoms with Gasteiger partial charge in [0, 0.05) is 18.8 Å². The van der Waals surface area contributed by atoms with Crippen LogP contribution < -0.4 is 5.32 Å². The third-order valence-electron chi connectivity index (χ3n) is 3.66. The molecular formula is C16H20ClN3. The smallest absolute Gasteiger partial charge is 0.0876 e. The van der Waals surface area contributed by atoms with Crippen molar-refractivity contribution in [2.45, 2.75) is 45.2 Å². The van der Waals surface area contributed by atoms with Crippen molar-refractivity contribution in [3.8, 4) is 5.69 Å². The molecule has 0 aliphatic heterocycles. The molecule has 0 bridgehead atoms. The lowest BCUT2D eigenvalue weighted by Gasteiger charge is -2.12. The van der Waals surface area contributed by atoms with Crippen molar-refractivity contribution in [2.75, 3.05) is 0 Å². The minimum atomic E-state index is 0.423. The summed E-state index contributed by atoms with van der Waals surface area (Å²) in [6.45, 7) is 5.14. The van der Waals surface area contributed by atoms with Crippen molar-refractivity contribution < 1.29 is 0 Å². The highest BCUT2D eigenvalue weighted by molar-refractivity contribution is 6.32. The second-order valence-corrected chi connectivity index (χ2v) is 6.15. The number of nitrogens with zero attached hydrogens (tertiary/aromatic N) is 2. The van der Waals surface area contributed by atoms with Gasteiger partial charge in [-0.05, 0) is 36.5 Å². The van der Waals surface area contributed by atoms with Crippen molar-refractivity contribution >= 4 is 11.6 Å². The third kappa shape index (κ3) is 2.89. The Balaban J connectivity index is 1.92. The monoisotopic (exact) mass is 289 g/mol. The van der Waals surface area contributed by atoms with Crippen LogP contribution in [0.3, 0.4) is 0 Å². The van der Waals surface area contributed by atoms with Crippen molar-refractivity contribution in [3.63, 3.8) is 0 Å². The summed E-state index contributed by atoms with van der Waals surface area (Å²) in [7, 11) is 0. The molecule has 4 heteroatoms. The van der Waals surface area contributed by atoms with Crippen LogP contribution in [0.15, 0.2) is 30.5 Å². The van der Waals surface area contributed by atoms with Gasteiger partial charge in [0.05, 0.1) is 16.4 Å². The standard InChI is InChI=1S/C16H20ClN3/c1-11(2)15-8-9-20(19-15)16-12(4-3-5-14(16)17)10-18-13-6-7-13/h3-5,8-9,11,13,18H,6-7,10H2,1-2H3. The molecular weight excluding hydrogens is 270 g/mol. The molecule has 1 aromatic carbocycles. The lowest BCUT2D eigenvalue weighted by Crippen LogP contribution is -2.17. The number of hydrogen-bond donors (Lipinski definition) is 1. The van der Waals surface area contributed by atoms with Gasteiger partial charge in [-0.1, -0.05) is 37.6 Å². The predicted octanol–water partition coefficient (Wildman–Crippen LogP) is 3.90. The first-order valence-corrected chi connectivity index (χ1v) is 7.59. The lowest BCUT2D eigenvalue weighted by atomic mass is 10.1. The van der Waals surface area contributed by atoms with Crippen LogP contribution in [0.25, 0.3) is 5.69 Å². The van der Waals surface area contributed by atoms with Gasteiger partial charge in [0.2, 0.25) is 0 Å². The SMILES string of the molecule is CC(C)c1ccn(-c2c(Cl)cccc2CNC2CC2)n1. The molecule has 1 saturated carbocycles. The van der Waals surface area contributed by atoms with Gasteiger partial charge in [0.25, 0.3) is 0 Å². The van der Waals surface area contributed by atoms with E-state index in [4.69, 9.17) is 11.6 Å². The quantitative estimate of drug-likeness (QED) is 0.905. The van der Waals surface area contributed by atoms with Gasteiger partial charge < -0.3 is 5.32 Å². The number of para-hydroxylation sites is 1. The van der Waals surface area contributed by atoms with Crippen molar-refractivity contribution in [1.29, 1.82) is 0 Å². The molecule has 1 aromatic heterocycles. The molecule has 20 heavy (non-hydrogen) atoms. The molecule has 0 radical (unpaired) electrons. The van der Waals surface area contributed by atoms with Crippen molar-refractivity contribution in [1.82, 2.24) is 15.1 Å². The zero-order valence-electron chi connectivity index (χ0n) is 11.9. The van der Waals surface area contributed by atoms with Gasteiger partial charge in [0.1, 0.15) is 0 Å². The second-order valence-electron chi connectivity index (χ2n) is 5.74. The topological polar surface area (TPSA) is 29.9 Å². The average molecular weight is 290 g/mol. The van der Waals surface area contributed by atoms with Gasteiger partial charge >= 0.3 is 0 Å². The van der Waals surface area contributed by atoms with E-state index in [2.05, 4.69) is 36.4 Å². The van der Waals surface area contributed by atoms with E-state index in [1.165, 1.54) is 18.4 Å². The van der Waals surface area contributed by atoms with Crippen LogP contribution in [0, 0.1) is 0 Å². The summed E-state index contributed by atoms with van der Waals surface area (Å²) in [5.74, 6) is 0.423. The Bertz CT molecular complexity index is 600. The Morgan fingerprint density at radius 3 is 2.80 bits per heavy atom. The highest BCUT2D eigenvalue weighted by Gasteiger charge is 2.21. The molecule has 3 rings (SSSR count). The van der Waals surface area contributed by atoms with Crippen molar-refractivity contribution in [2.24, 2.45) is 0 Å². The van der Waals surface area contributed by atoms with E-state index in [0.29, 0.717) is 12.0 Å². The van der Waals surface area contributed by atoms with E-state index < -0.39 is 0 Å². The Labute approximate surface area is 124 Å². The zero-order valence-corrected chi connectivity index (χ0v) is 12.7. The van der Waals surface area contributed by atoms with E-state index in [1.54, 1.807) is 0 Å². The number of nitrogens with one attached hydrogen (secondary N) is 1. The second kappa shape index (κ2) is 5.58. The Hall–Kier alpha value is -1.32. The zero-order chi connectivity index (χ0) is 14.1. The molecule has 0 spiro atoms. The summed E-state index contributed by atoms with van der Waals surface area (Å²) in [5.41, 5.74) is 3.28. The maximum atomic E-state index is 6.40. The molecule has 1 aliphatic rings. The molecule has 1 N–H and O–H groups in total. The van der Waals surface area contributed by atoms with Crippen molar-refractivity contribution in [3.05, 3.63) is 46.7 Å². The average Bonchev–Trinajstić information content (AvgIpc) is 3.12. The number of aromatic nitrogens is 2. The van der Waals surface area contributed by atoms with E-state index in [1.807, 2.05) is 23.0 Å². The summed E-state index contributed by atoms with van der Waals surface area (Å²) in [6.07, 6.45) is 4.57. The maximum Gasteiger partial charge on any atom is 0.0876 e. The van der Waals surface area contributed by atoms with Gasteiger partial charge in [-0.2, -0.15) is 5.10 Å². The summed E-state index contributed by atoms with van der Waals surface area (Å²) in [5, 5.41) is 8.94. The van der Waals surface area contributed by atoms with E-state index >= 15 is 0 Å². The van der Waals surface area contributed by atoms with Crippen LogP contribution in [-0.2, 0) is 6.54 Å². The number of benzene rings is 1. The number of hydrogen-bond acceptors (Lipinski definition) is 2. The molecule has 106 valence electrons. The minimum Gasteiger partial charge on any atom is -0.310 e. The fourth-order valence-electron chi connectivity index (χ4n) is 2.27. The molecule has 1 aliphatic carbocycles. The van der Waals surface area contributed by atoms with Crippen LogP contribution in [0.1, 0.15) is 43.9 Å². The largest absolute Gasteiger partial charge is 0.310 e. The summed E-state index contributed by atoms with van der Waals surface area (Å²) >= 11 is 6.40. The van der Waals surface area contributed by atoms with Gasteiger partial charge in [0.15, 0.2) is 0 Å². The van der Waals surface area contributed by atoms with Crippen LogP contribution in [-0.4, -0.2) is 15.8 Å². The van der Waals surface area contributed by atoms with Crippen LogP contribution in [0.5, 0.6) is 0 Å². The Kier molecular flexibility index (Phi) is 3.81. The summed E-state index contributed by atoms with van der Waals surface area (Å²) in [6, 6.07) is 8.79. The number of halogens is 1. The highest BCUT2D eigenvalue weighted by Crippen LogP contribution is 2.26. The van der Waals surface area contributed by atoms with E-state index in [9.17, 15) is 0 Å². The molecule has 2 aromatic rings. The molecule has 3 nitrogen and oxygen atoms in total. The van der Waals surface area contributed by atoms with E-state index in [-0.39, 0.29) is 0 Å². The van der Waals surface area contributed by atoms with Crippen LogP contribution >= 0.6 is 11.6 Å². The van der Waals surface area contributed by atoms with Crippen LogP contribution in [0.2, 0.25) is 5.02 Å². The van der Waals surface area contributed by atoms with E-state index in [0.717, 1.165) is 22.9 Å². The lowest BCUT2D eigenvalue weighted by molar-refractivity contribution is 0.679. The molecule has 0 atom stereocenters. The Morgan fingerprint density at radius 1 is 1.35 bits per heavy atom. The molecule has 1 fully saturated rings. The normalized spacial score (nSPS) is 15.0. The molecule has 0 amide bonds. The molecule has 1 heterocycles. The van der Waals surface area contributed by atoms with Crippen LogP contribution in [0.4, 0.5) is 0 Å². The summed E-state index contributed by atoms with van der Waals surface area (Å²) in [4.78, 5) is 0. The van der Waals surface area contributed by atoms with Gasteiger partial charge in [-0.3, -0.25) is 0 Å². The third-order valence-corrected chi connectivity index (χ3v) is 3.96. The fourth-order valence-corrected chi connectivity index (χ4v) is 2.55. The maximum absolute atomic E-state index is 6.40. The minimum absolute atomic E-state index is 0.423. The van der Waals surface area contributed by atoms with Gasteiger partial charge in [-0.15, -0.1) is 0 Å². The molecule has 0 unspecified atom stereocenters. The molecule has 0 saturated heterocycles. The fraction of sp³-hybridized carbons (Fsp3) is 0.438. The highest BCUT2D eigenvalue weighted by atomic mass is 35.5. The number of rotatable bonds is 5. The first-order valence-electron chi connectivity index (χ1n) is 7.22.